The van der Waals surface area contributed by atoms with Crippen LogP contribution in [0.25, 0.3) is 0 Å². The predicted octanol–water partition coefficient (Wildman–Crippen LogP) is 2.01. The van der Waals surface area contributed by atoms with Gasteiger partial charge in [-0.3, -0.25) is 4.79 Å². The summed E-state index contributed by atoms with van der Waals surface area (Å²) in [6.07, 6.45) is 1.53. The molecule has 0 aliphatic carbocycles. The fourth-order valence-electron chi connectivity index (χ4n) is 1.53. The molecule has 1 aromatic rings. The Morgan fingerprint density at radius 1 is 1.47 bits per heavy atom. The van der Waals surface area contributed by atoms with Crippen LogP contribution >= 0.6 is 11.3 Å². The number of ether oxygens (including phenoxy) is 2. The van der Waals surface area contributed by atoms with Crippen LogP contribution in [0, 0.1) is 0 Å². The smallest absolute Gasteiger partial charge is 0.164 e. The number of Topliss-reactive ketones (excluding diaryl/α,β-unsaturated/α-hetero) is 1. The van der Waals surface area contributed by atoms with E-state index in [9.17, 15) is 4.79 Å². The van der Waals surface area contributed by atoms with E-state index in [1.165, 1.54) is 4.88 Å². The fraction of sp³-hybridized carbons (Fsp3) is 0.545. The van der Waals surface area contributed by atoms with Crippen molar-refractivity contribution >= 4 is 17.1 Å². The molecule has 2 rings (SSSR count). The molecule has 1 aliphatic heterocycles. The van der Waals surface area contributed by atoms with Crippen LogP contribution in [0.1, 0.15) is 17.7 Å². The van der Waals surface area contributed by atoms with Gasteiger partial charge in [-0.1, -0.05) is 6.07 Å². The van der Waals surface area contributed by atoms with Gasteiger partial charge >= 0.3 is 0 Å². The molecular weight excluding hydrogens is 212 g/mol. The maximum absolute atomic E-state index is 11.5. The third-order valence-corrected chi connectivity index (χ3v) is 3.25. The van der Waals surface area contributed by atoms with Gasteiger partial charge in [0.1, 0.15) is 5.78 Å². The van der Waals surface area contributed by atoms with Crippen LogP contribution in [0.4, 0.5) is 0 Å². The molecule has 0 saturated carbocycles. The molecule has 0 spiro atoms. The molecule has 2 heterocycles. The molecule has 0 amide bonds. The van der Waals surface area contributed by atoms with Crippen LogP contribution in [0.5, 0.6) is 0 Å². The van der Waals surface area contributed by atoms with Crippen molar-refractivity contribution in [2.75, 3.05) is 13.2 Å². The van der Waals surface area contributed by atoms with Crippen LogP contribution in [0.15, 0.2) is 17.5 Å². The van der Waals surface area contributed by atoms with Gasteiger partial charge in [0.2, 0.25) is 0 Å². The fourth-order valence-corrected chi connectivity index (χ4v) is 2.24. The van der Waals surface area contributed by atoms with Crippen molar-refractivity contribution in [3.8, 4) is 0 Å². The highest BCUT2D eigenvalue weighted by atomic mass is 32.1. The summed E-state index contributed by atoms with van der Waals surface area (Å²) in [7, 11) is 0. The highest BCUT2D eigenvalue weighted by Crippen LogP contribution is 2.14. The van der Waals surface area contributed by atoms with E-state index in [-0.39, 0.29) is 12.1 Å². The molecular formula is C11H14O3S. The molecule has 0 bridgehead atoms. The summed E-state index contributed by atoms with van der Waals surface area (Å²) in [4.78, 5) is 12.8. The molecule has 0 atom stereocenters. The van der Waals surface area contributed by atoms with Gasteiger partial charge in [-0.15, -0.1) is 11.3 Å². The van der Waals surface area contributed by atoms with Crippen molar-refractivity contribution in [2.45, 2.75) is 25.6 Å². The molecule has 1 fully saturated rings. The third kappa shape index (κ3) is 3.41. The average molecular weight is 226 g/mol. The topological polar surface area (TPSA) is 35.5 Å². The van der Waals surface area contributed by atoms with Gasteiger partial charge in [-0.05, 0) is 17.9 Å². The summed E-state index contributed by atoms with van der Waals surface area (Å²) < 4.78 is 10.4. The molecule has 1 aliphatic rings. The van der Waals surface area contributed by atoms with Crippen molar-refractivity contribution < 1.29 is 14.3 Å². The summed E-state index contributed by atoms with van der Waals surface area (Å²) in [5.41, 5.74) is 0. The van der Waals surface area contributed by atoms with Crippen LogP contribution < -0.4 is 0 Å². The molecule has 3 nitrogen and oxygen atoms in total. The Labute approximate surface area is 93.0 Å². The first-order chi connectivity index (χ1) is 7.34. The number of ketones is 1. The molecule has 0 radical (unpaired) electrons. The van der Waals surface area contributed by atoms with Gasteiger partial charge in [0.25, 0.3) is 0 Å². The van der Waals surface area contributed by atoms with Gasteiger partial charge in [-0.2, -0.15) is 0 Å². The van der Waals surface area contributed by atoms with Crippen molar-refractivity contribution in [2.24, 2.45) is 0 Å². The summed E-state index contributed by atoms with van der Waals surface area (Å²) >= 11 is 1.69. The molecule has 0 aromatic carbocycles. The van der Waals surface area contributed by atoms with Crippen molar-refractivity contribution in [1.82, 2.24) is 0 Å². The second kappa shape index (κ2) is 5.39. The molecule has 0 unspecified atom stereocenters. The first-order valence-corrected chi connectivity index (χ1v) is 6.00. The summed E-state index contributed by atoms with van der Waals surface area (Å²) in [5.74, 6) is 0.218. The standard InChI is InChI=1S/C11H14O3S/c12-9(8-11-13-5-6-14-11)3-4-10-2-1-7-15-10/h1-2,7,11H,3-6,8H2. The number of hydrogen-bond acceptors (Lipinski definition) is 4. The van der Waals surface area contributed by atoms with Gasteiger partial charge < -0.3 is 9.47 Å². The lowest BCUT2D eigenvalue weighted by Crippen LogP contribution is -2.14. The highest BCUT2D eigenvalue weighted by Gasteiger charge is 2.19. The Bertz CT molecular complexity index is 302. The van der Waals surface area contributed by atoms with E-state index < -0.39 is 0 Å². The summed E-state index contributed by atoms with van der Waals surface area (Å²) in [6.45, 7) is 1.23. The van der Waals surface area contributed by atoms with E-state index in [0.717, 1.165) is 6.42 Å². The lowest BCUT2D eigenvalue weighted by Gasteiger charge is -2.06. The van der Waals surface area contributed by atoms with Crippen molar-refractivity contribution in [1.29, 1.82) is 0 Å². The minimum absolute atomic E-state index is 0.218. The average Bonchev–Trinajstić information content (AvgIpc) is 2.86. The van der Waals surface area contributed by atoms with Crippen LogP contribution in [-0.2, 0) is 20.7 Å². The maximum atomic E-state index is 11.5. The molecule has 4 heteroatoms. The lowest BCUT2D eigenvalue weighted by atomic mass is 10.1. The number of carbonyl (C=O) groups excluding carboxylic acids is 1. The van der Waals surface area contributed by atoms with E-state index in [1.54, 1.807) is 11.3 Å². The number of carbonyl (C=O) groups is 1. The Hall–Kier alpha value is -0.710. The van der Waals surface area contributed by atoms with Gasteiger partial charge in [0.05, 0.1) is 19.6 Å². The third-order valence-electron chi connectivity index (χ3n) is 2.32. The van der Waals surface area contributed by atoms with E-state index in [4.69, 9.17) is 9.47 Å². The van der Waals surface area contributed by atoms with Crippen molar-refractivity contribution in [3.63, 3.8) is 0 Å². The van der Waals surface area contributed by atoms with Crippen LogP contribution in [-0.4, -0.2) is 25.3 Å². The SMILES string of the molecule is O=C(CCc1cccs1)CC1OCCO1. The monoisotopic (exact) mass is 226 g/mol. The van der Waals surface area contributed by atoms with E-state index in [1.807, 2.05) is 11.4 Å². The number of hydrogen-bond donors (Lipinski definition) is 0. The zero-order valence-corrected chi connectivity index (χ0v) is 9.29. The number of rotatable bonds is 5. The minimum Gasteiger partial charge on any atom is -0.350 e. The minimum atomic E-state index is -0.291. The van der Waals surface area contributed by atoms with Crippen molar-refractivity contribution in [3.05, 3.63) is 22.4 Å². The Kier molecular flexibility index (Phi) is 3.88. The number of aryl methyl sites for hydroxylation is 1. The van der Waals surface area contributed by atoms with E-state index >= 15 is 0 Å². The zero-order chi connectivity index (χ0) is 10.5. The van der Waals surface area contributed by atoms with E-state index in [0.29, 0.717) is 26.1 Å². The lowest BCUT2D eigenvalue weighted by molar-refractivity contribution is -0.127. The largest absolute Gasteiger partial charge is 0.350 e. The first kappa shape index (κ1) is 10.8. The predicted molar refractivity (Wildman–Crippen MR) is 58.0 cm³/mol. The zero-order valence-electron chi connectivity index (χ0n) is 8.48. The molecule has 1 aromatic heterocycles. The van der Waals surface area contributed by atoms with Gasteiger partial charge in [0.15, 0.2) is 6.29 Å². The quantitative estimate of drug-likeness (QED) is 0.770. The highest BCUT2D eigenvalue weighted by molar-refractivity contribution is 7.09. The summed E-state index contributed by atoms with van der Waals surface area (Å²) in [6, 6.07) is 4.06. The second-order valence-electron chi connectivity index (χ2n) is 3.49. The summed E-state index contributed by atoms with van der Waals surface area (Å²) in [5, 5.41) is 2.03. The van der Waals surface area contributed by atoms with Gasteiger partial charge in [-0.25, -0.2) is 0 Å². The van der Waals surface area contributed by atoms with Crippen LogP contribution in [0.2, 0.25) is 0 Å². The number of thiophene rings is 1. The van der Waals surface area contributed by atoms with Gasteiger partial charge in [0, 0.05) is 11.3 Å². The Morgan fingerprint density at radius 3 is 2.93 bits per heavy atom. The Morgan fingerprint density at radius 2 is 2.27 bits per heavy atom. The molecule has 1 saturated heterocycles. The molecule has 82 valence electrons. The maximum Gasteiger partial charge on any atom is 0.164 e. The van der Waals surface area contributed by atoms with Crippen LogP contribution in [0.3, 0.4) is 0 Å². The molecule has 0 N–H and O–H groups in total. The normalized spacial score (nSPS) is 17.1. The first-order valence-electron chi connectivity index (χ1n) is 5.12. The van der Waals surface area contributed by atoms with E-state index in [2.05, 4.69) is 6.07 Å². The molecule has 15 heavy (non-hydrogen) atoms. The second-order valence-corrected chi connectivity index (χ2v) is 4.53. The Balaban J connectivity index is 1.68.